The lowest BCUT2D eigenvalue weighted by atomic mass is 9.85. The molecule has 0 saturated heterocycles. The third-order valence-electron chi connectivity index (χ3n) is 5.56. The Hall–Kier alpha value is -3.27. The lowest BCUT2D eigenvalue weighted by Gasteiger charge is -2.34. The van der Waals surface area contributed by atoms with Crippen LogP contribution in [0.3, 0.4) is 0 Å². The zero-order valence-corrected chi connectivity index (χ0v) is 20.7. The van der Waals surface area contributed by atoms with Crippen molar-refractivity contribution in [3.63, 3.8) is 0 Å². The molecule has 4 rings (SSSR count). The highest BCUT2D eigenvalue weighted by Crippen LogP contribution is 2.47. The van der Waals surface area contributed by atoms with E-state index in [2.05, 4.69) is 38.0 Å². The number of likely N-dealkylation sites (N-methyl/N-ethyl adjacent to an activating group) is 2. The summed E-state index contributed by atoms with van der Waals surface area (Å²) in [6.45, 7) is 3.92. The first-order valence-electron chi connectivity index (χ1n) is 11.4. The first-order valence-corrected chi connectivity index (χ1v) is 11.4. The molecule has 2 aliphatic rings. The van der Waals surface area contributed by atoms with Gasteiger partial charge >= 0.3 is 5.97 Å². The first kappa shape index (κ1) is 26.3. The van der Waals surface area contributed by atoms with Crippen LogP contribution in [-0.4, -0.2) is 98.3 Å². The fourth-order valence-corrected chi connectivity index (χ4v) is 3.80. The fourth-order valence-electron chi connectivity index (χ4n) is 3.80. The van der Waals surface area contributed by atoms with Crippen LogP contribution in [0.4, 0.5) is 0 Å². The minimum atomic E-state index is -0.984. The third kappa shape index (κ3) is 7.11. The molecule has 0 fully saturated rings. The van der Waals surface area contributed by atoms with Gasteiger partial charge in [-0.2, -0.15) is 0 Å². The quantitative estimate of drug-likeness (QED) is 0.485. The summed E-state index contributed by atoms with van der Waals surface area (Å²) < 4.78 is 17.0. The van der Waals surface area contributed by atoms with Gasteiger partial charge in [-0.1, -0.05) is 0 Å². The van der Waals surface area contributed by atoms with Crippen molar-refractivity contribution in [1.29, 1.82) is 0 Å². The molecule has 0 aliphatic carbocycles. The van der Waals surface area contributed by atoms with Crippen molar-refractivity contribution in [3.8, 4) is 23.0 Å². The van der Waals surface area contributed by atoms with Crippen molar-refractivity contribution < 1.29 is 34.3 Å². The molecule has 35 heavy (non-hydrogen) atoms. The molecule has 1 atom stereocenters. The van der Waals surface area contributed by atoms with Crippen molar-refractivity contribution in [2.45, 2.75) is 12.5 Å². The normalized spacial score (nSPS) is 15.9. The molecule has 0 bridgehead atoms. The molecule has 0 amide bonds. The van der Waals surface area contributed by atoms with Gasteiger partial charge in [0.25, 0.3) is 0 Å². The standard InChI is InChI=1S/C18H14O6.C8H20N2O/c19-9-2-4-12-14(5-9)23-8-13-11-3-1-10(20)6-15(11)24-16(18(12)13)7-17(21)22;1-9(2)5-7-11-8-6-10(3)4/h1-6,16,19-20H,7-8H2,(H,21,22);5-8H2,1-4H3. The van der Waals surface area contributed by atoms with Crippen LogP contribution in [0.5, 0.6) is 23.0 Å². The number of carbonyl (C=O) groups is 1. The largest absolute Gasteiger partial charge is 0.508 e. The summed E-state index contributed by atoms with van der Waals surface area (Å²) in [6.07, 6.45) is -0.909. The van der Waals surface area contributed by atoms with E-state index in [0.717, 1.165) is 43.0 Å². The SMILES string of the molecule is CN(C)CCOCCN(C)C.O=C(O)CC1Oc2cc(O)ccc2C2=C1c1ccc(O)cc1OC2. The smallest absolute Gasteiger partial charge is 0.307 e. The van der Waals surface area contributed by atoms with E-state index >= 15 is 0 Å². The highest BCUT2D eigenvalue weighted by atomic mass is 16.5. The third-order valence-corrected chi connectivity index (χ3v) is 5.56. The summed E-state index contributed by atoms with van der Waals surface area (Å²) >= 11 is 0. The summed E-state index contributed by atoms with van der Waals surface area (Å²) in [4.78, 5) is 15.5. The second kappa shape index (κ2) is 11.9. The number of phenols is 2. The Morgan fingerprint density at radius 3 is 2.09 bits per heavy atom. The molecule has 9 heteroatoms. The number of aromatic hydroxyl groups is 2. The number of benzene rings is 2. The van der Waals surface area contributed by atoms with E-state index in [1.807, 2.05) is 0 Å². The van der Waals surface area contributed by atoms with Crippen LogP contribution < -0.4 is 9.47 Å². The molecule has 1 unspecified atom stereocenters. The Balaban J connectivity index is 0.000000266. The average molecular weight is 487 g/mol. The second-order valence-electron chi connectivity index (χ2n) is 8.97. The Bertz CT molecular complexity index is 1060. The Morgan fingerprint density at radius 2 is 1.51 bits per heavy atom. The van der Waals surface area contributed by atoms with Gasteiger partial charge in [0.1, 0.15) is 35.7 Å². The van der Waals surface area contributed by atoms with Crippen molar-refractivity contribution in [2.75, 3.05) is 61.1 Å². The van der Waals surface area contributed by atoms with Crippen LogP contribution in [-0.2, 0) is 9.53 Å². The molecule has 0 radical (unpaired) electrons. The van der Waals surface area contributed by atoms with Gasteiger partial charge in [-0.05, 0) is 52.5 Å². The number of carboxylic acids is 1. The predicted octanol–water partition coefficient (Wildman–Crippen LogP) is 2.76. The highest BCUT2D eigenvalue weighted by molar-refractivity contribution is 6.00. The first-order chi connectivity index (χ1) is 16.7. The van der Waals surface area contributed by atoms with Gasteiger partial charge in [-0.15, -0.1) is 0 Å². The highest BCUT2D eigenvalue weighted by Gasteiger charge is 2.35. The topological polar surface area (TPSA) is 112 Å². The molecule has 3 N–H and O–H groups in total. The van der Waals surface area contributed by atoms with Crippen molar-refractivity contribution in [3.05, 3.63) is 47.5 Å². The minimum Gasteiger partial charge on any atom is -0.508 e. The number of fused-ring (bicyclic) bond motifs is 4. The van der Waals surface area contributed by atoms with Crippen LogP contribution in [0.1, 0.15) is 17.5 Å². The van der Waals surface area contributed by atoms with E-state index in [9.17, 15) is 20.1 Å². The van der Waals surface area contributed by atoms with E-state index in [1.165, 1.54) is 18.2 Å². The van der Waals surface area contributed by atoms with Gasteiger partial charge in [0, 0.05) is 47.5 Å². The summed E-state index contributed by atoms with van der Waals surface area (Å²) in [7, 11) is 8.20. The molecule has 9 nitrogen and oxygen atoms in total. The number of aliphatic carboxylic acids is 1. The Labute approximate surface area is 205 Å². The zero-order valence-electron chi connectivity index (χ0n) is 20.7. The average Bonchev–Trinajstić information content (AvgIpc) is 2.77. The van der Waals surface area contributed by atoms with Crippen LogP contribution in [0.15, 0.2) is 36.4 Å². The number of ether oxygens (including phenoxy) is 3. The number of nitrogens with zero attached hydrogens (tertiary/aromatic N) is 2. The van der Waals surface area contributed by atoms with Crippen molar-refractivity contribution in [2.24, 2.45) is 0 Å². The van der Waals surface area contributed by atoms with Gasteiger partial charge in [0.15, 0.2) is 0 Å². The molecule has 2 aromatic rings. The van der Waals surface area contributed by atoms with Crippen LogP contribution >= 0.6 is 0 Å². The fraction of sp³-hybridized carbons (Fsp3) is 0.423. The van der Waals surface area contributed by atoms with E-state index in [4.69, 9.17) is 14.2 Å². The summed E-state index contributed by atoms with van der Waals surface area (Å²) in [6, 6.07) is 9.48. The maximum Gasteiger partial charge on any atom is 0.307 e. The number of phenolic OH excluding ortho intramolecular Hbond substituents is 2. The Morgan fingerprint density at radius 1 is 0.943 bits per heavy atom. The second-order valence-corrected chi connectivity index (χ2v) is 8.97. The van der Waals surface area contributed by atoms with Crippen LogP contribution in [0.25, 0.3) is 11.1 Å². The lowest BCUT2D eigenvalue weighted by molar-refractivity contribution is -0.138. The van der Waals surface area contributed by atoms with Crippen molar-refractivity contribution >= 4 is 17.1 Å². The number of rotatable bonds is 8. The maximum absolute atomic E-state index is 11.3. The molecular weight excluding hydrogens is 452 g/mol. The van der Waals surface area contributed by atoms with Gasteiger partial charge in [0.05, 0.1) is 19.6 Å². The monoisotopic (exact) mass is 486 g/mol. The number of hydrogen-bond donors (Lipinski definition) is 3. The lowest BCUT2D eigenvalue weighted by Crippen LogP contribution is -2.30. The molecule has 2 aromatic carbocycles. The zero-order chi connectivity index (χ0) is 25.5. The van der Waals surface area contributed by atoms with E-state index < -0.39 is 12.1 Å². The van der Waals surface area contributed by atoms with Gasteiger partial charge in [-0.3, -0.25) is 4.79 Å². The minimum absolute atomic E-state index is 0.0499. The summed E-state index contributed by atoms with van der Waals surface area (Å²) in [5.74, 6) is 0.0756. The van der Waals surface area contributed by atoms with Crippen LogP contribution in [0.2, 0.25) is 0 Å². The molecule has 2 aliphatic heterocycles. The van der Waals surface area contributed by atoms with Gasteiger partial charge in [0.2, 0.25) is 0 Å². The maximum atomic E-state index is 11.3. The van der Waals surface area contributed by atoms with Crippen molar-refractivity contribution in [1.82, 2.24) is 9.80 Å². The van der Waals surface area contributed by atoms with Crippen LogP contribution in [0, 0.1) is 0 Å². The number of hydrogen-bond acceptors (Lipinski definition) is 8. The molecule has 0 spiro atoms. The summed E-state index contributed by atoms with van der Waals surface area (Å²) in [5.41, 5.74) is 3.06. The predicted molar refractivity (Wildman–Crippen MR) is 133 cm³/mol. The molecule has 190 valence electrons. The molecule has 0 aromatic heterocycles. The molecule has 0 saturated carbocycles. The number of carboxylic acid groups (broad SMARTS) is 1. The molecular formula is C26H34N2O7. The van der Waals surface area contributed by atoms with Gasteiger partial charge < -0.3 is 39.3 Å². The van der Waals surface area contributed by atoms with E-state index in [-0.39, 0.29) is 24.5 Å². The molecule has 2 heterocycles. The van der Waals surface area contributed by atoms with E-state index in [0.29, 0.717) is 17.1 Å². The Kier molecular flexibility index (Phi) is 8.97. The van der Waals surface area contributed by atoms with Gasteiger partial charge in [-0.25, -0.2) is 0 Å². The summed E-state index contributed by atoms with van der Waals surface area (Å²) in [5, 5.41) is 28.5. The van der Waals surface area contributed by atoms with E-state index in [1.54, 1.807) is 18.2 Å².